The van der Waals surface area contributed by atoms with E-state index >= 15 is 0 Å². The molecule has 0 saturated heterocycles. The van der Waals surface area contributed by atoms with E-state index in [1.165, 1.54) is 36.4 Å². The fraction of sp³-hybridized carbons (Fsp3) is 0.263. The zero-order valence-electron chi connectivity index (χ0n) is 14.2. The number of unbranched alkanes of at least 4 members (excludes halogenated alkanes) is 1. The Morgan fingerprint density at radius 3 is 1.92 bits per heavy atom. The predicted octanol–water partition coefficient (Wildman–Crippen LogP) is 4.49. The molecule has 0 spiro atoms. The lowest BCUT2D eigenvalue weighted by Gasteiger charge is -2.09. The molecule has 0 unspecified atom stereocenters. The molecule has 2 aromatic carbocycles. The summed E-state index contributed by atoms with van der Waals surface area (Å²) in [6.45, 7) is 2.61. The van der Waals surface area contributed by atoms with E-state index < -0.39 is 17.6 Å². The molecule has 138 valence electrons. The lowest BCUT2D eigenvalue weighted by molar-refractivity contribution is -0.137. The summed E-state index contributed by atoms with van der Waals surface area (Å²) in [5, 5.41) is 5.30. The second-order valence-electron chi connectivity index (χ2n) is 5.72. The molecule has 7 heteroatoms. The van der Waals surface area contributed by atoms with Crippen molar-refractivity contribution in [2.75, 3.05) is 11.9 Å². The number of rotatable bonds is 6. The van der Waals surface area contributed by atoms with Crippen molar-refractivity contribution in [3.63, 3.8) is 0 Å². The first-order valence-corrected chi connectivity index (χ1v) is 8.18. The van der Waals surface area contributed by atoms with Crippen LogP contribution in [0.5, 0.6) is 0 Å². The zero-order valence-corrected chi connectivity index (χ0v) is 14.2. The molecule has 26 heavy (non-hydrogen) atoms. The molecule has 0 aliphatic heterocycles. The third kappa shape index (κ3) is 5.34. The second kappa shape index (κ2) is 8.51. The Morgan fingerprint density at radius 1 is 0.885 bits per heavy atom. The van der Waals surface area contributed by atoms with Crippen LogP contribution in [0.4, 0.5) is 18.9 Å². The van der Waals surface area contributed by atoms with E-state index in [1.54, 1.807) is 0 Å². The minimum atomic E-state index is -4.42. The van der Waals surface area contributed by atoms with Crippen molar-refractivity contribution in [1.29, 1.82) is 0 Å². The predicted molar refractivity (Wildman–Crippen MR) is 93.1 cm³/mol. The number of benzene rings is 2. The van der Waals surface area contributed by atoms with Crippen molar-refractivity contribution in [3.05, 3.63) is 65.2 Å². The Morgan fingerprint density at radius 2 is 1.42 bits per heavy atom. The van der Waals surface area contributed by atoms with E-state index in [-0.39, 0.29) is 11.6 Å². The Balaban J connectivity index is 1.98. The summed E-state index contributed by atoms with van der Waals surface area (Å²) in [4.78, 5) is 24.1. The van der Waals surface area contributed by atoms with Gasteiger partial charge >= 0.3 is 6.18 Å². The normalized spacial score (nSPS) is 11.1. The molecule has 0 atom stereocenters. The molecule has 0 radical (unpaired) electrons. The highest BCUT2D eigenvalue weighted by molar-refractivity contribution is 6.05. The maximum atomic E-state index is 12.5. The Hall–Kier alpha value is -2.83. The van der Waals surface area contributed by atoms with Gasteiger partial charge in [0.15, 0.2) is 0 Å². The standard InChI is InChI=1S/C19H19F3N2O2/c1-2-3-12-23-17(25)13-4-6-14(7-5-13)18(26)24-16-10-8-15(9-11-16)19(20,21)22/h4-11H,2-3,12H2,1H3,(H,23,25)(H,24,26). The van der Waals surface area contributed by atoms with Gasteiger partial charge in [-0.2, -0.15) is 13.2 Å². The monoisotopic (exact) mass is 364 g/mol. The van der Waals surface area contributed by atoms with Crippen molar-refractivity contribution in [2.24, 2.45) is 0 Å². The van der Waals surface area contributed by atoms with Crippen LogP contribution in [-0.2, 0) is 6.18 Å². The molecule has 0 heterocycles. The summed E-state index contributed by atoms with van der Waals surface area (Å²) in [7, 11) is 0. The van der Waals surface area contributed by atoms with Gasteiger partial charge in [-0.3, -0.25) is 9.59 Å². The summed E-state index contributed by atoms with van der Waals surface area (Å²) in [6.07, 6.45) is -2.56. The smallest absolute Gasteiger partial charge is 0.352 e. The van der Waals surface area contributed by atoms with Crippen LogP contribution in [0.25, 0.3) is 0 Å². The Labute approximate surface area is 149 Å². The number of amides is 2. The highest BCUT2D eigenvalue weighted by atomic mass is 19.4. The van der Waals surface area contributed by atoms with Crippen molar-refractivity contribution >= 4 is 17.5 Å². The van der Waals surface area contributed by atoms with Crippen LogP contribution in [0.2, 0.25) is 0 Å². The van der Waals surface area contributed by atoms with E-state index in [1.807, 2.05) is 6.92 Å². The van der Waals surface area contributed by atoms with Crippen molar-refractivity contribution in [2.45, 2.75) is 25.9 Å². The highest BCUT2D eigenvalue weighted by Crippen LogP contribution is 2.29. The van der Waals surface area contributed by atoms with Crippen molar-refractivity contribution < 1.29 is 22.8 Å². The van der Waals surface area contributed by atoms with Gasteiger partial charge in [0.1, 0.15) is 0 Å². The Bertz CT molecular complexity index is 754. The van der Waals surface area contributed by atoms with Gasteiger partial charge in [-0.1, -0.05) is 13.3 Å². The summed E-state index contributed by atoms with van der Waals surface area (Å²) in [5.41, 5.74) is 0.209. The van der Waals surface area contributed by atoms with E-state index in [0.717, 1.165) is 25.0 Å². The molecule has 2 rings (SSSR count). The first-order valence-electron chi connectivity index (χ1n) is 8.18. The van der Waals surface area contributed by atoms with Gasteiger partial charge in [0.05, 0.1) is 5.56 Å². The molecule has 0 aliphatic carbocycles. The molecule has 0 fully saturated rings. The second-order valence-corrected chi connectivity index (χ2v) is 5.72. The zero-order chi connectivity index (χ0) is 19.2. The minimum Gasteiger partial charge on any atom is -0.352 e. The average Bonchev–Trinajstić information content (AvgIpc) is 2.61. The first kappa shape index (κ1) is 19.5. The van der Waals surface area contributed by atoms with Crippen molar-refractivity contribution in [3.8, 4) is 0 Å². The minimum absolute atomic E-state index is 0.215. The Kier molecular flexibility index (Phi) is 6.38. The van der Waals surface area contributed by atoms with Crippen LogP contribution in [0, 0.1) is 0 Å². The first-order chi connectivity index (χ1) is 12.3. The number of nitrogens with one attached hydrogen (secondary N) is 2. The maximum absolute atomic E-state index is 12.5. The van der Waals surface area contributed by atoms with Gasteiger partial charge in [0, 0.05) is 23.4 Å². The molecule has 2 amide bonds. The van der Waals surface area contributed by atoms with Gasteiger partial charge < -0.3 is 10.6 Å². The largest absolute Gasteiger partial charge is 0.416 e. The molecule has 2 N–H and O–H groups in total. The lowest BCUT2D eigenvalue weighted by atomic mass is 10.1. The maximum Gasteiger partial charge on any atom is 0.416 e. The quantitative estimate of drug-likeness (QED) is 0.742. The summed E-state index contributed by atoms with van der Waals surface area (Å²) >= 11 is 0. The molecular formula is C19H19F3N2O2. The SMILES string of the molecule is CCCCNC(=O)c1ccc(C(=O)Nc2ccc(C(F)(F)F)cc2)cc1. The number of anilines is 1. The molecule has 2 aromatic rings. The van der Waals surface area contributed by atoms with E-state index in [0.29, 0.717) is 17.7 Å². The van der Waals surface area contributed by atoms with Crippen LogP contribution < -0.4 is 10.6 Å². The van der Waals surface area contributed by atoms with Gasteiger partial charge in [0.25, 0.3) is 11.8 Å². The summed E-state index contributed by atoms with van der Waals surface area (Å²) in [6, 6.07) is 10.2. The van der Waals surface area contributed by atoms with Crippen LogP contribution in [-0.4, -0.2) is 18.4 Å². The van der Waals surface area contributed by atoms with Gasteiger partial charge in [-0.05, 0) is 55.0 Å². The fourth-order valence-electron chi connectivity index (χ4n) is 2.20. The van der Waals surface area contributed by atoms with E-state index in [4.69, 9.17) is 0 Å². The molecule has 4 nitrogen and oxygen atoms in total. The van der Waals surface area contributed by atoms with Crippen LogP contribution >= 0.6 is 0 Å². The molecular weight excluding hydrogens is 345 g/mol. The summed E-state index contributed by atoms with van der Waals surface area (Å²) < 4.78 is 37.6. The fourth-order valence-corrected chi connectivity index (χ4v) is 2.20. The third-order valence-electron chi connectivity index (χ3n) is 3.70. The van der Waals surface area contributed by atoms with Crippen LogP contribution in [0.15, 0.2) is 48.5 Å². The number of carbonyl (C=O) groups excluding carboxylic acids is 2. The lowest BCUT2D eigenvalue weighted by Crippen LogP contribution is -2.24. The topological polar surface area (TPSA) is 58.2 Å². The van der Waals surface area contributed by atoms with Gasteiger partial charge in [0.2, 0.25) is 0 Å². The van der Waals surface area contributed by atoms with E-state index in [9.17, 15) is 22.8 Å². The number of hydrogen-bond donors (Lipinski definition) is 2. The number of carbonyl (C=O) groups is 2. The van der Waals surface area contributed by atoms with Crippen molar-refractivity contribution in [1.82, 2.24) is 5.32 Å². The van der Waals surface area contributed by atoms with Gasteiger partial charge in [-0.25, -0.2) is 0 Å². The molecule has 0 saturated carbocycles. The molecule has 0 aliphatic rings. The number of alkyl halides is 3. The molecule has 0 aromatic heterocycles. The number of halogens is 3. The van der Waals surface area contributed by atoms with Crippen LogP contribution in [0.1, 0.15) is 46.0 Å². The molecule has 0 bridgehead atoms. The van der Waals surface area contributed by atoms with Gasteiger partial charge in [-0.15, -0.1) is 0 Å². The number of hydrogen-bond acceptors (Lipinski definition) is 2. The third-order valence-corrected chi connectivity index (χ3v) is 3.70. The average molecular weight is 364 g/mol. The van der Waals surface area contributed by atoms with E-state index in [2.05, 4.69) is 10.6 Å². The van der Waals surface area contributed by atoms with Crippen LogP contribution in [0.3, 0.4) is 0 Å². The highest BCUT2D eigenvalue weighted by Gasteiger charge is 2.30. The summed E-state index contributed by atoms with van der Waals surface area (Å²) in [5.74, 6) is -0.684.